The number of anilines is 1. The van der Waals surface area contributed by atoms with Gasteiger partial charge in [-0.2, -0.15) is 16.7 Å². The highest BCUT2D eigenvalue weighted by Crippen LogP contribution is 2.24. The summed E-state index contributed by atoms with van der Waals surface area (Å²) in [5.41, 5.74) is 6.15. The Bertz CT molecular complexity index is 559. The molecule has 19 heavy (non-hydrogen) atoms. The third-order valence-electron chi connectivity index (χ3n) is 2.76. The number of nitrogens with two attached hydrogens (primary N) is 1. The molecule has 0 aliphatic carbocycles. The Morgan fingerprint density at radius 3 is 2.95 bits per heavy atom. The first kappa shape index (κ1) is 13.9. The van der Waals surface area contributed by atoms with E-state index in [1.165, 1.54) is 6.07 Å². The van der Waals surface area contributed by atoms with Gasteiger partial charge in [-0.05, 0) is 24.6 Å². The fourth-order valence-electron chi connectivity index (χ4n) is 1.46. The van der Waals surface area contributed by atoms with Crippen LogP contribution in [-0.2, 0) is 5.75 Å². The molecule has 1 aromatic carbocycles. The predicted octanol–water partition coefficient (Wildman–Crippen LogP) is 3.49. The van der Waals surface area contributed by atoms with Gasteiger partial charge >= 0.3 is 0 Å². The summed E-state index contributed by atoms with van der Waals surface area (Å²) in [5.74, 6) is 0.980. The maximum atomic E-state index is 13.7. The lowest BCUT2D eigenvalue weighted by molar-refractivity contribution is 0.423. The normalized spacial score (nSPS) is 12.6. The molecule has 0 amide bonds. The SMILES string of the molecule is CCC(C)SCc1noc(-c2ccc(N)cc2F)n1. The van der Waals surface area contributed by atoms with Gasteiger partial charge in [-0.3, -0.25) is 0 Å². The Balaban J connectivity index is 2.12. The summed E-state index contributed by atoms with van der Waals surface area (Å²) in [5, 5.41) is 4.39. The van der Waals surface area contributed by atoms with Gasteiger partial charge in [0, 0.05) is 10.9 Å². The largest absolute Gasteiger partial charge is 0.399 e. The van der Waals surface area contributed by atoms with Crippen molar-refractivity contribution in [2.75, 3.05) is 5.73 Å². The average molecular weight is 281 g/mol. The summed E-state index contributed by atoms with van der Waals surface area (Å²) in [6, 6.07) is 4.40. The lowest BCUT2D eigenvalue weighted by Gasteiger charge is -2.04. The van der Waals surface area contributed by atoms with Crippen LogP contribution in [0.25, 0.3) is 11.5 Å². The highest BCUT2D eigenvalue weighted by Gasteiger charge is 2.14. The fourth-order valence-corrected chi connectivity index (χ4v) is 2.25. The quantitative estimate of drug-likeness (QED) is 0.850. The average Bonchev–Trinajstić information content (AvgIpc) is 2.84. The van der Waals surface area contributed by atoms with Gasteiger partial charge < -0.3 is 10.3 Å². The van der Waals surface area contributed by atoms with Crippen molar-refractivity contribution in [1.82, 2.24) is 10.1 Å². The number of nitrogen functional groups attached to an aromatic ring is 1. The first-order valence-corrected chi connectivity index (χ1v) is 7.14. The Morgan fingerprint density at radius 2 is 2.26 bits per heavy atom. The molecule has 0 bridgehead atoms. The van der Waals surface area contributed by atoms with Crippen LogP contribution in [0.5, 0.6) is 0 Å². The van der Waals surface area contributed by atoms with Crippen molar-refractivity contribution in [3.8, 4) is 11.5 Å². The number of aromatic nitrogens is 2. The van der Waals surface area contributed by atoms with E-state index in [1.807, 2.05) is 0 Å². The standard InChI is InChI=1S/C13H16FN3OS/c1-3-8(2)19-7-12-16-13(18-17-12)10-5-4-9(15)6-11(10)14/h4-6,8H,3,7,15H2,1-2H3. The van der Waals surface area contributed by atoms with E-state index in [4.69, 9.17) is 10.3 Å². The minimum absolute atomic E-state index is 0.192. The number of halogens is 1. The van der Waals surface area contributed by atoms with Crippen molar-refractivity contribution < 1.29 is 8.91 Å². The van der Waals surface area contributed by atoms with Crippen molar-refractivity contribution in [2.45, 2.75) is 31.3 Å². The molecular weight excluding hydrogens is 265 g/mol. The second kappa shape index (κ2) is 6.06. The van der Waals surface area contributed by atoms with E-state index in [9.17, 15) is 4.39 Å². The maximum absolute atomic E-state index is 13.7. The van der Waals surface area contributed by atoms with Crippen LogP contribution in [0.3, 0.4) is 0 Å². The van der Waals surface area contributed by atoms with Gasteiger partial charge in [-0.15, -0.1) is 0 Å². The lowest BCUT2D eigenvalue weighted by atomic mass is 10.2. The van der Waals surface area contributed by atoms with Gasteiger partial charge in [0.25, 0.3) is 5.89 Å². The van der Waals surface area contributed by atoms with E-state index in [1.54, 1.807) is 23.9 Å². The Morgan fingerprint density at radius 1 is 1.47 bits per heavy atom. The molecule has 2 aromatic rings. The molecular formula is C13H16FN3OS. The summed E-state index contributed by atoms with van der Waals surface area (Å²) < 4.78 is 18.8. The monoisotopic (exact) mass is 281 g/mol. The van der Waals surface area contributed by atoms with E-state index in [0.29, 0.717) is 22.5 Å². The molecule has 0 saturated heterocycles. The molecule has 0 radical (unpaired) electrons. The first-order valence-electron chi connectivity index (χ1n) is 6.09. The van der Waals surface area contributed by atoms with Crippen LogP contribution >= 0.6 is 11.8 Å². The third-order valence-corrected chi connectivity index (χ3v) is 4.09. The number of hydrogen-bond donors (Lipinski definition) is 1. The molecule has 1 heterocycles. The van der Waals surface area contributed by atoms with Gasteiger partial charge in [-0.1, -0.05) is 19.0 Å². The summed E-state index contributed by atoms with van der Waals surface area (Å²) >= 11 is 1.75. The van der Waals surface area contributed by atoms with Gasteiger partial charge in [-0.25, -0.2) is 4.39 Å². The van der Waals surface area contributed by atoms with Crippen LogP contribution in [0.4, 0.5) is 10.1 Å². The van der Waals surface area contributed by atoms with E-state index >= 15 is 0 Å². The number of nitrogens with zero attached hydrogens (tertiary/aromatic N) is 2. The minimum atomic E-state index is -0.454. The molecule has 1 atom stereocenters. The highest BCUT2D eigenvalue weighted by molar-refractivity contribution is 7.99. The van der Waals surface area contributed by atoms with Crippen molar-refractivity contribution in [1.29, 1.82) is 0 Å². The predicted molar refractivity (Wildman–Crippen MR) is 75.2 cm³/mol. The van der Waals surface area contributed by atoms with Crippen molar-refractivity contribution >= 4 is 17.4 Å². The van der Waals surface area contributed by atoms with Gasteiger partial charge in [0.05, 0.1) is 11.3 Å². The zero-order valence-corrected chi connectivity index (χ0v) is 11.7. The Labute approximate surface area is 115 Å². The fraction of sp³-hybridized carbons (Fsp3) is 0.385. The Hall–Kier alpha value is -1.56. The number of thioether (sulfide) groups is 1. The minimum Gasteiger partial charge on any atom is -0.399 e. The topological polar surface area (TPSA) is 64.9 Å². The number of hydrogen-bond acceptors (Lipinski definition) is 5. The molecule has 102 valence electrons. The molecule has 2 rings (SSSR count). The first-order chi connectivity index (χ1) is 9.10. The van der Waals surface area contributed by atoms with Crippen molar-refractivity contribution in [3.05, 3.63) is 29.8 Å². The molecule has 4 nitrogen and oxygen atoms in total. The molecule has 0 spiro atoms. The smallest absolute Gasteiger partial charge is 0.260 e. The zero-order chi connectivity index (χ0) is 13.8. The van der Waals surface area contributed by atoms with Crippen LogP contribution in [0, 0.1) is 5.82 Å². The highest BCUT2D eigenvalue weighted by atomic mass is 32.2. The van der Waals surface area contributed by atoms with Gasteiger partial charge in [0.15, 0.2) is 5.82 Å². The molecule has 2 N–H and O–H groups in total. The van der Waals surface area contributed by atoms with Crippen molar-refractivity contribution in [2.24, 2.45) is 0 Å². The second-order valence-electron chi connectivity index (χ2n) is 4.28. The second-order valence-corrected chi connectivity index (χ2v) is 5.71. The number of benzene rings is 1. The summed E-state index contributed by atoms with van der Waals surface area (Å²) in [6.07, 6.45) is 1.09. The Kier molecular flexibility index (Phi) is 4.42. The lowest BCUT2D eigenvalue weighted by Crippen LogP contribution is -1.95. The van der Waals surface area contributed by atoms with Crippen molar-refractivity contribution in [3.63, 3.8) is 0 Å². The van der Waals surface area contributed by atoms with Crippen LogP contribution < -0.4 is 5.73 Å². The maximum Gasteiger partial charge on any atom is 0.260 e. The van der Waals surface area contributed by atoms with Gasteiger partial charge in [0.1, 0.15) is 5.82 Å². The summed E-state index contributed by atoms with van der Waals surface area (Å²) in [7, 11) is 0. The molecule has 0 fully saturated rings. The molecule has 0 aliphatic rings. The summed E-state index contributed by atoms with van der Waals surface area (Å²) in [4.78, 5) is 4.20. The van der Waals surface area contributed by atoms with Crippen LogP contribution in [0.1, 0.15) is 26.1 Å². The van der Waals surface area contributed by atoms with E-state index < -0.39 is 5.82 Å². The molecule has 6 heteroatoms. The van der Waals surface area contributed by atoms with E-state index in [0.717, 1.165) is 6.42 Å². The molecule has 0 aliphatic heterocycles. The molecule has 1 aromatic heterocycles. The van der Waals surface area contributed by atoms with Gasteiger partial charge in [0.2, 0.25) is 0 Å². The van der Waals surface area contributed by atoms with Crippen LogP contribution in [0.2, 0.25) is 0 Å². The number of rotatable bonds is 5. The third kappa shape index (κ3) is 3.47. The van der Waals surface area contributed by atoms with Crippen LogP contribution in [-0.4, -0.2) is 15.4 Å². The molecule has 1 unspecified atom stereocenters. The summed E-state index contributed by atoms with van der Waals surface area (Å²) in [6.45, 7) is 4.27. The zero-order valence-electron chi connectivity index (χ0n) is 10.9. The van der Waals surface area contributed by atoms with E-state index in [-0.39, 0.29) is 11.5 Å². The molecule has 0 saturated carbocycles. The van der Waals surface area contributed by atoms with E-state index in [2.05, 4.69) is 24.0 Å². The van der Waals surface area contributed by atoms with Crippen LogP contribution in [0.15, 0.2) is 22.7 Å².